The summed E-state index contributed by atoms with van der Waals surface area (Å²) in [6, 6.07) is 14.0. The first kappa shape index (κ1) is 16.4. The van der Waals surface area contributed by atoms with Crippen molar-refractivity contribution in [3.8, 4) is 5.75 Å². The van der Waals surface area contributed by atoms with Gasteiger partial charge in [-0.1, -0.05) is 36.4 Å². The molecule has 0 aromatic heterocycles. The number of ketones is 1. The summed E-state index contributed by atoms with van der Waals surface area (Å²) in [5.41, 5.74) is 0.273. The molecule has 3 aromatic carbocycles. The van der Waals surface area contributed by atoms with E-state index in [9.17, 15) is 19.5 Å². The third kappa shape index (κ3) is 3.14. The van der Waals surface area contributed by atoms with E-state index in [0.717, 1.165) is 5.56 Å². The number of phenols is 1. The van der Waals surface area contributed by atoms with Gasteiger partial charge in [0.2, 0.25) is 0 Å². The minimum absolute atomic E-state index is 0.0805. The number of benzene rings is 2. The maximum absolute atomic E-state index is 11.9. The molecule has 0 saturated heterocycles. The molecule has 0 saturated carbocycles. The van der Waals surface area contributed by atoms with Gasteiger partial charge in [0.25, 0.3) is 10.9 Å². The summed E-state index contributed by atoms with van der Waals surface area (Å²) < 4.78 is 0. The van der Waals surface area contributed by atoms with Crippen molar-refractivity contribution >= 4 is 22.8 Å². The first-order chi connectivity index (χ1) is 12.0. The van der Waals surface area contributed by atoms with Crippen LogP contribution in [0.5, 0.6) is 5.75 Å². The van der Waals surface area contributed by atoms with Crippen LogP contribution in [0.15, 0.2) is 58.1 Å². The molecule has 0 aliphatic heterocycles. The van der Waals surface area contributed by atoms with Crippen molar-refractivity contribution < 1.29 is 9.90 Å². The van der Waals surface area contributed by atoms with Crippen LogP contribution >= 0.6 is 0 Å². The summed E-state index contributed by atoms with van der Waals surface area (Å²) in [5.74, 6) is -0.550. The van der Waals surface area contributed by atoms with Crippen LogP contribution in [0.4, 0.5) is 17.1 Å². The molecule has 0 radical (unpaired) electrons. The van der Waals surface area contributed by atoms with Crippen LogP contribution in [0.3, 0.4) is 0 Å². The molecule has 126 valence electrons. The van der Waals surface area contributed by atoms with Crippen LogP contribution in [-0.2, 0) is 6.54 Å². The van der Waals surface area contributed by atoms with Gasteiger partial charge in [0, 0.05) is 6.54 Å². The number of anilines is 3. The van der Waals surface area contributed by atoms with E-state index in [4.69, 9.17) is 0 Å². The number of carbonyl (C=O) groups excluding carboxylic acids is 1. The lowest BCUT2D eigenvalue weighted by molar-refractivity contribution is 0.101. The van der Waals surface area contributed by atoms with Crippen molar-refractivity contribution in [1.29, 1.82) is 0 Å². The van der Waals surface area contributed by atoms with Gasteiger partial charge in [0.1, 0.15) is 17.1 Å². The summed E-state index contributed by atoms with van der Waals surface area (Å²) in [5, 5.41) is 15.8. The van der Waals surface area contributed by atoms with E-state index in [0.29, 0.717) is 6.54 Å². The summed E-state index contributed by atoms with van der Waals surface area (Å²) >= 11 is 0. The lowest BCUT2D eigenvalue weighted by atomic mass is 10.1. The van der Waals surface area contributed by atoms with E-state index in [2.05, 4.69) is 10.6 Å². The first-order valence-corrected chi connectivity index (χ1v) is 7.70. The van der Waals surface area contributed by atoms with Gasteiger partial charge < -0.3 is 15.7 Å². The zero-order valence-electron chi connectivity index (χ0n) is 13.5. The highest BCUT2D eigenvalue weighted by molar-refractivity contribution is 5.99. The van der Waals surface area contributed by atoms with Gasteiger partial charge in [-0.05, 0) is 24.6 Å². The van der Waals surface area contributed by atoms with Gasteiger partial charge in [-0.3, -0.25) is 14.4 Å². The lowest BCUT2D eigenvalue weighted by Gasteiger charge is -2.16. The molecule has 0 fully saturated rings. The second-order valence-electron chi connectivity index (χ2n) is 5.63. The predicted molar refractivity (Wildman–Crippen MR) is 96.5 cm³/mol. The Hall–Kier alpha value is -3.41. The third-order valence-electron chi connectivity index (χ3n) is 3.90. The summed E-state index contributed by atoms with van der Waals surface area (Å²) in [4.78, 5) is 35.2. The van der Waals surface area contributed by atoms with Crippen LogP contribution in [0.25, 0.3) is 0 Å². The van der Waals surface area contributed by atoms with E-state index in [1.54, 1.807) is 6.07 Å². The average molecular weight is 336 g/mol. The predicted octanol–water partition coefficient (Wildman–Crippen LogP) is 2.55. The highest BCUT2D eigenvalue weighted by Gasteiger charge is 2.22. The molecule has 0 spiro atoms. The second-order valence-corrected chi connectivity index (χ2v) is 5.63. The number of aromatic hydroxyl groups is 1. The van der Waals surface area contributed by atoms with Crippen LogP contribution in [0.1, 0.15) is 22.8 Å². The van der Waals surface area contributed by atoms with Crippen molar-refractivity contribution in [3.05, 3.63) is 80.1 Å². The summed E-state index contributed by atoms with van der Waals surface area (Å²) in [6.07, 6.45) is 0. The number of Topliss-reactive ketones (excluding diaryl/α,β-unsaturated/α-hetero) is 1. The maximum Gasteiger partial charge on any atom is 0.253 e. The standard InChI is InChI=1S/C19H16N2O4/c1-11(22)13-8-5-9-14(17(13)23)21-16-15(18(24)19(16)25)20-10-12-6-3-2-4-7-12/h2-9,20-21,23H,10H2,1H3. The average Bonchev–Trinajstić information content (AvgIpc) is 2.62. The molecule has 6 heteroatoms. The molecule has 3 rings (SSSR count). The molecule has 3 N–H and O–H groups in total. The van der Waals surface area contributed by atoms with E-state index in [1.165, 1.54) is 19.1 Å². The largest absolute Gasteiger partial charge is 0.505 e. The van der Waals surface area contributed by atoms with Gasteiger partial charge in [0.05, 0.1) is 11.3 Å². The van der Waals surface area contributed by atoms with Crippen LogP contribution in [0, 0.1) is 0 Å². The van der Waals surface area contributed by atoms with E-state index in [-0.39, 0.29) is 34.2 Å². The molecule has 6 nitrogen and oxygen atoms in total. The van der Waals surface area contributed by atoms with Gasteiger partial charge in [-0.25, -0.2) is 0 Å². The SMILES string of the molecule is CC(=O)c1cccc(Nc2c(NCc3ccccc3)c(=O)c2=O)c1O. The monoisotopic (exact) mass is 336 g/mol. The second kappa shape index (κ2) is 6.60. The Balaban J connectivity index is 1.84. The molecule has 0 aliphatic carbocycles. The Bertz CT molecular complexity index is 1000. The topological polar surface area (TPSA) is 95.5 Å². The van der Waals surface area contributed by atoms with Crippen molar-refractivity contribution in [1.82, 2.24) is 0 Å². The van der Waals surface area contributed by atoms with E-state index >= 15 is 0 Å². The number of hydrogen-bond acceptors (Lipinski definition) is 6. The zero-order valence-corrected chi connectivity index (χ0v) is 13.5. The van der Waals surface area contributed by atoms with Crippen molar-refractivity contribution in [2.75, 3.05) is 10.6 Å². The fourth-order valence-electron chi connectivity index (χ4n) is 2.53. The van der Waals surface area contributed by atoms with Crippen molar-refractivity contribution in [2.24, 2.45) is 0 Å². The van der Waals surface area contributed by atoms with E-state index in [1.807, 2.05) is 30.3 Å². The summed E-state index contributed by atoms with van der Waals surface area (Å²) in [6.45, 7) is 1.73. The Kier molecular flexibility index (Phi) is 4.35. The Morgan fingerprint density at radius 3 is 2.32 bits per heavy atom. The first-order valence-electron chi connectivity index (χ1n) is 7.70. The van der Waals surface area contributed by atoms with Crippen molar-refractivity contribution in [2.45, 2.75) is 13.5 Å². The zero-order chi connectivity index (χ0) is 18.0. The highest BCUT2D eigenvalue weighted by Crippen LogP contribution is 2.31. The molecular formula is C19H16N2O4. The van der Waals surface area contributed by atoms with Crippen molar-refractivity contribution in [3.63, 3.8) is 0 Å². The molecule has 0 amide bonds. The minimum Gasteiger partial charge on any atom is -0.505 e. The molecular weight excluding hydrogens is 320 g/mol. The van der Waals surface area contributed by atoms with Crippen LogP contribution in [-0.4, -0.2) is 10.9 Å². The van der Waals surface area contributed by atoms with Crippen LogP contribution in [0.2, 0.25) is 0 Å². The van der Waals surface area contributed by atoms with Crippen LogP contribution < -0.4 is 21.5 Å². The van der Waals surface area contributed by atoms with Gasteiger partial charge in [0.15, 0.2) is 5.78 Å². The Morgan fingerprint density at radius 2 is 1.64 bits per heavy atom. The maximum atomic E-state index is 11.9. The summed E-state index contributed by atoms with van der Waals surface area (Å²) in [7, 11) is 0. The third-order valence-corrected chi connectivity index (χ3v) is 3.90. The number of nitrogens with one attached hydrogen (secondary N) is 2. The van der Waals surface area contributed by atoms with Gasteiger partial charge >= 0.3 is 0 Å². The fourth-order valence-corrected chi connectivity index (χ4v) is 2.53. The molecule has 25 heavy (non-hydrogen) atoms. The normalized spacial score (nSPS) is 10.6. The number of carbonyl (C=O) groups is 1. The number of hydrogen-bond donors (Lipinski definition) is 3. The minimum atomic E-state index is -0.664. The molecule has 0 aliphatic rings. The Morgan fingerprint density at radius 1 is 0.960 bits per heavy atom. The highest BCUT2D eigenvalue weighted by atomic mass is 16.3. The molecule has 0 unspecified atom stereocenters. The number of rotatable bonds is 6. The number of para-hydroxylation sites is 1. The number of phenolic OH excluding ortho intramolecular Hbond substituents is 1. The molecule has 3 aromatic rings. The quantitative estimate of drug-likeness (QED) is 0.364. The molecule has 0 heterocycles. The Labute approximate surface area is 143 Å². The van der Waals surface area contributed by atoms with Gasteiger partial charge in [-0.2, -0.15) is 0 Å². The lowest BCUT2D eigenvalue weighted by Crippen LogP contribution is -2.36. The van der Waals surface area contributed by atoms with E-state index < -0.39 is 10.9 Å². The molecule has 0 atom stereocenters. The smallest absolute Gasteiger partial charge is 0.253 e. The fraction of sp³-hybridized carbons (Fsp3) is 0.105. The van der Waals surface area contributed by atoms with Gasteiger partial charge in [-0.15, -0.1) is 0 Å². The molecule has 0 bridgehead atoms.